The molecule has 0 atom stereocenters. The fourth-order valence-electron chi connectivity index (χ4n) is 3.65. The minimum absolute atomic E-state index is 0.0977. The van der Waals surface area contributed by atoms with Crippen molar-refractivity contribution in [2.45, 2.75) is 13.5 Å². The summed E-state index contributed by atoms with van der Waals surface area (Å²) in [7, 11) is 0. The maximum Gasteiger partial charge on any atom is 0.253 e. The molecule has 0 bridgehead atoms. The van der Waals surface area contributed by atoms with Crippen LogP contribution < -0.4 is 15.1 Å². The zero-order valence-corrected chi connectivity index (χ0v) is 16.7. The molecule has 0 radical (unpaired) electrons. The van der Waals surface area contributed by atoms with Crippen LogP contribution in [-0.4, -0.2) is 37.1 Å². The Bertz CT molecular complexity index is 948. The van der Waals surface area contributed by atoms with E-state index in [2.05, 4.69) is 50.4 Å². The van der Waals surface area contributed by atoms with Crippen molar-refractivity contribution in [2.75, 3.05) is 36.0 Å². The molecule has 1 N–H and O–H groups in total. The van der Waals surface area contributed by atoms with Crippen LogP contribution in [0.5, 0.6) is 0 Å². The average molecular weight is 386 g/mol. The number of benzene rings is 2. The number of anilines is 2. The van der Waals surface area contributed by atoms with E-state index in [4.69, 9.17) is 0 Å². The molecule has 5 heteroatoms. The molecule has 1 fully saturated rings. The van der Waals surface area contributed by atoms with E-state index in [1.807, 2.05) is 43.3 Å². The summed E-state index contributed by atoms with van der Waals surface area (Å²) in [5.74, 6) is 0.826. The van der Waals surface area contributed by atoms with Crippen molar-refractivity contribution in [1.29, 1.82) is 0 Å². The van der Waals surface area contributed by atoms with Crippen LogP contribution in [0.25, 0.3) is 0 Å². The highest BCUT2D eigenvalue weighted by Crippen LogP contribution is 2.19. The van der Waals surface area contributed by atoms with Crippen molar-refractivity contribution >= 4 is 17.4 Å². The summed E-state index contributed by atoms with van der Waals surface area (Å²) in [5, 5.41) is 2.97. The SMILES string of the molecule is Cc1cccc(CNC(=O)c2ccc(N3CCN(c4ccccc4)CC3)nc2)c1. The Hall–Kier alpha value is -3.34. The number of nitrogens with one attached hydrogen (secondary N) is 1. The summed E-state index contributed by atoms with van der Waals surface area (Å²) in [5.41, 5.74) is 4.14. The number of carbonyl (C=O) groups excluding carboxylic acids is 1. The largest absolute Gasteiger partial charge is 0.368 e. The predicted molar refractivity (Wildman–Crippen MR) is 117 cm³/mol. The molecule has 2 aromatic carbocycles. The molecule has 0 unspecified atom stereocenters. The van der Waals surface area contributed by atoms with Crippen LogP contribution in [-0.2, 0) is 6.54 Å². The quantitative estimate of drug-likeness (QED) is 0.727. The maximum absolute atomic E-state index is 12.4. The normalized spacial score (nSPS) is 14.0. The van der Waals surface area contributed by atoms with Gasteiger partial charge in [-0.2, -0.15) is 0 Å². The van der Waals surface area contributed by atoms with Gasteiger partial charge in [0.2, 0.25) is 0 Å². The fraction of sp³-hybridized carbons (Fsp3) is 0.250. The van der Waals surface area contributed by atoms with E-state index in [0.717, 1.165) is 37.6 Å². The van der Waals surface area contributed by atoms with Crippen LogP contribution in [0, 0.1) is 6.92 Å². The molecule has 1 amide bonds. The van der Waals surface area contributed by atoms with Crippen LogP contribution in [0.15, 0.2) is 72.9 Å². The van der Waals surface area contributed by atoms with Crippen LogP contribution in [0.1, 0.15) is 21.5 Å². The first-order chi connectivity index (χ1) is 14.2. The summed E-state index contributed by atoms with van der Waals surface area (Å²) in [4.78, 5) is 21.6. The summed E-state index contributed by atoms with van der Waals surface area (Å²) < 4.78 is 0. The second kappa shape index (κ2) is 8.78. The van der Waals surface area contributed by atoms with Gasteiger partial charge in [0.05, 0.1) is 5.56 Å². The Morgan fingerprint density at radius 2 is 1.69 bits per heavy atom. The smallest absolute Gasteiger partial charge is 0.253 e. The van der Waals surface area contributed by atoms with E-state index in [1.54, 1.807) is 6.20 Å². The van der Waals surface area contributed by atoms with E-state index in [1.165, 1.54) is 11.3 Å². The van der Waals surface area contributed by atoms with Crippen molar-refractivity contribution < 1.29 is 4.79 Å². The van der Waals surface area contributed by atoms with Gasteiger partial charge in [0, 0.05) is 44.6 Å². The highest BCUT2D eigenvalue weighted by Gasteiger charge is 2.18. The monoisotopic (exact) mass is 386 g/mol. The van der Waals surface area contributed by atoms with E-state index in [0.29, 0.717) is 12.1 Å². The van der Waals surface area contributed by atoms with Crippen LogP contribution in [0.3, 0.4) is 0 Å². The second-order valence-electron chi connectivity index (χ2n) is 7.39. The molecule has 3 aromatic rings. The number of pyridine rings is 1. The van der Waals surface area contributed by atoms with Crippen molar-refractivity contribution in [3.63, 3.8) is 0 Å². The van der Waals surface area contributed by atoms with Crippen molar-refractivity contribution in [3.8, 4) is 0 Å². The minimum atomic E-state index is -0.0977. The number of carbonyl (C=O) groups is 1. The Morgan fingerprint density at radius 1 is 0.931 bits per heavy atom. The summed E-state index contributed by atoms with van der Waals surface area (Å²) in [6.07, 6.45) is 1.67. The Kier molecular flexibility index (Phi) is 5.75. The van der Waals surface area contributed by atoms with E-state index >= 15 is 0 Å². The van der Waals surface area contributed by atoms with Crippen LogP contribution >= 0.6 is 0 Å². The Morgan fingerprint density at radius 3 is 2.38 bits per heavy atom. The molecule has 1 aromatic heterocycles. The van der Waals surface area contributed by atoms with E-state index in [9.17, 15) is 4.79 Å². The zero-order chi connectivity index (χ0) is 20.1. The zero-order valence-electron chi connectivity index (χ0n) is 16.7. The lowest BCUT2D eigenvalue weighted by Crippen LogP contribution is -2.46. The molecular weight excluding hydrogens is 360 g/mol. The number of hydrogen-bond donors (Lipinski definition) is 1. The average Bonchev–Trinajstić information content (AvgIpc) is 2.78. The van der Waals surface area contributed by atoms with Gasteiger partial charge in [0.25, 0.3) is 5.91 Å². The van der Waals surface area contributed by atoms with Gasteiger partial charge in [-0.05, 0) is 36.8 Å². The third kappa shape index (κ3) is 4.74. The first kappa shape index (κ1) is 19.0. The molecule has 4 rings (SSSR count). The topological polar surface area (TPSA) is 48.5 Å². The number of nitrogens with zero attached hydrogens (tertiary/aromatic N) is 3. The third-order valence-electron chi connectivity index (χ3n) is 5.27. The summed E-state index contributed by atoms with van der Waals surface area (Å²) in [6, 6.07) is 22.5. The molecule has 5 nitrogen and oxygen atoms in total. The summed E-state index contributed by atoms with van der Waals surface area (Å²) in [6.45, 7) is 6.33. The number of rotatable bonds is 5. The number of aromatic nitrogens is 1. The molecule has 1 aliphatic rings. The molecule has 0 saturated carbocycles. The van der Waals surface area contributed by atoms with Crippen molar-refractivity contribution in [1.82, 2.24) is 10.3 Å². The molecule has 0 aliphatic carbocycles. The minimum Gasteiger partial charge on any atom is -0.368 e. The standard InChI is InChI=1S/C24H26N4O/c1-19-6-5-7-20(16-19)17-26-24(29)21-10-11-23(25-18-21)28-14-12-27(13-15-28)22-8-3-2-4-9-22/h2-11,16,18H,12-15,17H2,1H3,(H,26,29). The third-order valence-corrected chi connectivity index (χ3v) is 5.27. The lowest BCUT2D eigenvalue weighted by molar-refractivity contribution is 0.0950. The molecule has 0 spiro atoms. The number of para-hydroxylation sites is 1. The number of aryl methyl sites for hydroxylation is 1. The van der Waals surface area contributed by atoms with Gasteiger partial charge < -0.3 is 15.1 Å². The number of amides is 1. The van der Waals surface area contributed by atoms with Gasteiger partial charge in [-0.3, -0.25) is 4.79 Å². The molecule has 148 valence electrons. The Balaban J connectivity index is 1.31. The lowest BCUT2D eigenvalue weighted by atomic mass is 10.1. The van der Waals surface area contributed by atoms with Crippen molar-refractivity contribution in [3.05, 3.63) is 89.6 Å². The number of hydrogen-bond acceptors (Lipinski definition) is 4. The molecule has 29 heavy (non-hydrogen) atoms. The van der Waals surface area contributed by atoms with E-state index in [-0.39, 0.29) is 5.91 Å². The first-order valence-corrected chi connectivity index (χ1v) is 10.0. The van der Waals surface area contributed by atoms with Gasteiger partial charge in [0.1, 0.15) is 5.82 Å². The highest BCUT2D eigenvalue weighted by molar-refractivity contribution is 5.94. The molecule has 1 aliphatic heterocycles. The van der Waals surface area contributed by atoms with Gasteiger partial charge >= 0.3 is 0 Å². The highest BCUT2D eigenvalue weighted by atomic mass is 16.1. The van der Waals surface area contributed by atoms with E-state index < -0.39 is 0 Å². The molecule has 2 heterocycles. The summed E-state index contributed by atoms with van der Waals surface area (Å²) >= 11 is 0. The van der Waals surface area contributed by atoms with Gasteiger partial charge in [-0.15, -0.1) is 0 Å². The van der Waals surface area contributed by atoms with Gasteiger partial charge in [-0.1, -0.05) is 48.0 Å². The number of piperazine rings is 1. The van der Waals surface area contributed by atoms with Crippen LogP contribution in [0.4, 0.5) is 11.5 Å². The molecule has 1 saturated heterocycles. The second-order valence-corrected chi connectivity index (χ2v) is 7.39. The maximum atomic E-state index is 12.4. The first-order valence-electron chi connectivity index (χ1n) is 10.0. The Labute approximate surface area is 172 Å². The van der Waals surface area contributed by atoms with Gasteiger partial charge in [0.15, 0.2) is 0 Å². The van der Waals surface area contributed by atoms with Crippen molar-refractivity contribution in [2.24, 2.45) is 0 Å². The fourth-order valence-corrected chi connectivity index (χ4v) is 3.65. The van der Waals surface area contributed by atoms with Crippen LogP contribution in [0.2, 0.25) is 0 Å². The van der Waals surface area contributed by atoms with Gasteiger partial charge in [-0.25, -0.2) is 4.98 Å². The molecular formula is C24H26N4O. The lowest BCUT2D eigenvalue weighted by Gasteiger charge is -2.36. The predicted octanol–water partition coefficient (Wildman–Crippen LogP) is 3.65.